The van der Waals surface area contributed by atoms with E-state index in [1.54, 1.807) is 23.8 Å². The molecular weight excluding hydrogens is 370 g/mol. The molecule has 0 spiro atoms. The molecule has 0 aliphatic heterocycles. The number of hydrogen-bond donors (Lipinski definition) is 2. The maximum absolute atomic E-state index is 12.6. The lowest BCUT2D eigenvalue weighted by Gasteiger charge is -2.06. The van der Waals surface area contributed by atoms with Gasteiger partial charge in [0.2, 0.25) is 5.95 Å². The monoisotopic (exact) mass is 385 g/mol. The second-order valence-corrected chi connectivity index (χ2v) is 7.25. The van der Waals surface area contributed by atoms with Crippen LogP contribution in [0.2, 0.25) is 0 Å². The third-order valence-electron chi connectivity index (χ3n) is 4.57. The number of thiazole rings is 1. The van der Waals surface area contributed by atoms with E-state index in [1.807, 2.05) is 12.1 Å². The van der Waals surface area contributed by atoms with E-state index in [2.05, 4.69) is 55.9 Å². The van der Waals surface area contributed by atoms with E-state index in [9.17, 15) is 4.79 Å². The highest BCUT2D eigenvalue weighted by Crippen LogP contribution is 2.37. The first-order valence-corrected chi connectivity index (χ1v) is 9.66. The smallest absolute Gasteiger partial charge is 0.275 e. The van der Waals surface area contributed by atoms with Crippen LogP contribution < -0.4 is 10.6 Å². The van der Waals surface area contributed by atoms with Crippen LogP contribution in [0.4, 0.5) is 16.8 Å². The number of anilines is 3. The van der Waals surface area contributed by atoms with Gasteiger partial charge in [0.05, 0.1) is 0 Å². The summed E-state index contributed by atoms with van der Waals surface area (Å²) in [6.07, 6.45) is 4.17. The van der Waals surface area contributed by atoms with Gasteiger partial charge in [-0.05, 0) is 46.9 Å². The van der Waals surface area contributed by atoms with Crippen LogP contribution in [-0.2, 0) is 6.42 Å². The van der Waals surface area contributed by atoms with Crippen molar-refractivity contribution >= 4 is 34.0 Å². The van der Waals surface area contributed by atoms with Crippen LogP contribution >= 0.6 is 11.3 Å². The Hall–Kier alpha value is -3.58. The lowest BCUT2D eigenvalue weighted by Crippen LogP contribution is -2.12. The van der Waals surface area contributed by atoms with Crippen LogP contribution in [0.25, 0.3) is 11.1 Å². The van der Waals surface area contributed by atoms with Gasteiger partial charge in [-0.25, -0.2) is 15.0 Å². The van der Waals surface area contributed by atoms with Crippen molar-refractivity contribution < 1.29 is 4.79 Å². The number of carbonyl (C=O) groups excluding carboxylic acids is 1. The van der Waals surface area contributed by atoms with Crippen molar-refractivity contribution in [3.63, 3.8) is 0 Å². The predicted octanol–water partition coefficient (Wildman–Crippen LogP) is 4.50. The lowest BCUT2D eigenvalue weighted by atomic mass is 10.1. The van der Waals surface area contributed by atoms with Crippen LogP contribution in [0.1, 0.15) is 21.6 Å². The first-order chi connectivity index (χ1) is 13.8. The number of rotatable bonds is 4. The number of hydrogen-bond acceptors (Lipinski definition) is 6. The number of aromatic nitrogens is 3. The molecule has 0 bridgehead atoms. The summed E-state index contributed by atoms with van der Waals surface area (Å²) in [6, 6.07) is 16.2. The molecule has 0 atom stereocenters. The van der Waals surface area contributed by atoms with Crippen molar-refractivity contribution in [3.05, 3.63) is 83.1 Å². The van der Waals surface area contributed by atoms with E-state index in [1.165, 1.54) is 33.6 Å². The fraction of sp³-hybridized carbons (Fsp3) is 0.0476. The maximum atomic E-state index is 12.6. The normalized spacial score (nSPS) is 11.6. The van der Waals surface area contributed by atoms with E-state index < -0.39 is 0 Å². The summed E-state index contributed by atoms with van der Waals surface area (Å²) in [5.41, 5.74) is 6.17. The van der Waals surface area contributed by atoms with Gasteiger partial charge in [0.15, 0.2) is 5.13 Å². The molecule has 1 amide bonds. The zero-order valence-corrected chi connectivity index (χ0v) is 15.5. The van der Waals surface area contributed by atoms with Crippen LogP contribution in [0, 0.1) is 0 Å². The molecule has 0 unspecified atom stereocenters. The van der Waals surface area contributed by atoms with Crippen molar-refractivity contribution in [2.24, 2.45) is 0 Å². The highest BCUT2D eigenvalue weighted by Gasteiger charge is 2.19. The van der Waals surface area contributed by atoms with Crippen molar-refractivity contribution in [2.45, 2.75) is 6.42 Å². The van der Waals surface area contributed by atoms with E-state index in [-0.39, 0.29) is 5.91 Å². The first-order valence-electron chi connectivity index (χ1n) is 8.78. The Bertz CT molecular complexity index is 1170. The van der Waals surface area contributed by atoms with Gasteiger partial charge in [-0.1, -0.05) is 30.3 Å². The highest BCUT2D eigenvalue weighted by molar-refractivity contribution is 7.14. The Morgan fingerprint density at radius 3 is 2.68 bits per heavy atom. The van der Waals surface area contributed by atoms with E-state index >= 15 is 0 Å². The van der Waals surface area contributed by atoms with Crippen molar-refractivity contribution in [3.8, 4) is 11.1 Å². The summed E-state index contributed by atoms with van der Waals surface area (Å²) in [4.78, 5) is 25.1. The summed E-state index contributed by atoms with van der Waals surface area (Å²) < 4.78 is 0. The van der Waals surface area contributed by atoms with Crippen LogP contribution in [0.15, 0.2) is 66.3 Å². The Kier molecular flexibility index (Phi) is 4.06. The third kappa shape index (κ3) is 3.12. The Morgan fingerprint density at radius 2 is 1.79 bits per heavy atom. The van der Waals surface area contributed by atoms with Gasteiger partial charge in [-0.3, -0.25) is 4.79 Å². The molecule has 0 saturated heterocycles. The minimum atomic E-state index is -0.242. The van der Waals surface area contributed by atoms with E-state index in [4.69, 9.17) is 0 Å². The lowest BCUT2D eigenvalue weighted by molar-refractivity contribution is 0.102. The molecular formula is C21H15N5OS. The molecule has 2 aromatic heterocycles. The summed E-state index contributed by atoms with van der Waals surface area (Å²) in [5.74, 6) is 0.204. The Balaban J connectivity index is 1.31. The van der Waals surface area contributed by atoms with Gasteiger partial charge >= 0.3 is 0 Å². The first kappa shape index (κ1) is 16.6. The standard InChI is InChI=1S/C21H15N5OS/c27-19(18-12-28-21(25-18)26-20-22-8-3-9-23-20)24-15-6-7-17-14(11-15)10-13-4-1-2-5-16(13)17/h1-9,11-12H,10H2,(H,24,27)(H,22,23,25,26). The highest BCUT2D eigenvalue weighted by atomic mass is 32.1. The number of benzene rings is 2. The van der Waals surface area contributed by atoms with E-state index in [0.29, 0.717) is 16.8 Å². The maximum Gasteiger partial charge on any atom is 0.275 e. The number of nitrogens with one attached hydrogen (secondary N) is 2. The van der Waals surface area contributed by atoms with Crippen LogP contribution in [-0.4, -0.2) is 20.9 Å². The second kappa shape index (κ2) is 6.86. The summed E-state index contributed by atoms with van der Waals surface area (Å²) in [6.45, 7) is 0. The largest absolute Gasteiger partial charge is 0.321 e. The quantitative estimate of drug-likeness (QED) is 0.476. The molecule has 136 valence electrons. The number of fused-ring (bicyclic) bond motifs is 3. The number of amides is 1. The molecule has 1 aliphatic rings. The fourth-order valence-corrected chi connectivity index (χ4v) is 4.00. The topological polar surface area (TPSA) is 79.8 Å². The number of nitrogens with zero attached hydrogens (tertiary/aromatic N) is 3. The zero-order chi connectivity index (χ0) is 18.9. The fourth-order valence-electron chi connectivity index (χ4n) is 3.31. The molecule has 2 aromatic carbocycles. The minimum absolute atomic E-state index is 0.242. The van der Waals surface area contributed by atoms with E-state index in [0.717, 1.165) is 12.1 Å². The summed E-state index contributed by atoms with van der Waals surface area (Å²) >= 11 is 1.33. The molecule has 4 aromatic rings. The van der Waals surface area contributed by atoms with Gasteiger partial charge < -0.3 is 10.6 Å². The number of carbonyl (C=O) groups is 1. The molecule has 7 heteroatoms. The van der Waals surface area contributed by atoms with Crippen LogP contribution in [0.5, 0.6) is 0 Å². The third-order valence-corrected chi connectivity index (χ3v) is 5.33. The average Bonchev–Trinajstić information content (AvgIpc) is 3.33. The van der Waals surface area contributed by atoms with Crippen molar-refractivity contribution in [1.82, 2.24) is 15.0 Å². The molecule has 1 aliphatic carbocycles. The minimum Gasteiger partial charge on any atom is -0.321 e. The van der Waals surface area contributed by atoms with Gasteiger partial charge in [-0.15, -0.1) is 11.3 Å². The molecule has 2 N–H and O–H groups in total. The molecule has 0 fully saturated rings. The van der Waals surface area contributed by atoms with Gasteiger partial charge in [0, 0.05) is 23.5 Å². The van der Waals surface area contributed by atoms with Crippen molar-refractivity contribution in [1.29, 1.82) is 0 Å². The van der Waals surface area contributed by atoms with Gasteiger partial charge in [0.1, 0.15) is 5.69 Å². The van der Waals surface area contributed by atoms with Gasteiger partial charge in [0.25, 0.3) is 5.91 Å². The van der Waals surface area contributed by atoms with Gasteiger partial charge in [-0.2, -0.15) is 0 Å². The molecule has 6 nitrogen and oxygen atoms in total. The SMILES string of the molecule is O=C(Nc1ccc2c(c1)Cc1ccccc1-2)c1csc(Nc2ncccn2)n1. The second-order valence-electron chi connectivity index (χ2n) is 6.40. The van der Waals surface area contributed by atoms with Crippen molar-refractivity contribution in [2.75, 3.05) is 10.6 Å². The summed E-state index contributed by atoms with van der Waals surface area (Å²) in [5, 5.41) is 8.21. The predicted molar refractivity (Wildman–Crippen MR) is 110 cm³/mol. The zero-order valence-electron chi connectivity index (χ0n) is 14.7. The molecule has 0 saturated carbocycles. The Labute approximate surface area is 165 Å². The molecule has 5 rings (SSSR count). The Morgan fingerprint density at radius 1 is 0.964 bits per heavy atom. The molecule has 28 heavy (non-hydrogen) atoms. The molecule has 2 heterocycles. The van der Waals surface area contributed by atoms with Crippen LogP contribution in [0.3, 0.4) is 0 Å². The average molecular weight is 385 g/mol. The summed E-state index contributed by atoms with van der Waals surface area (Å²) in [7, 11) is 0. The molecule has 0 radical (unpaired) electrons.